The molecule has 0 saturated carbocycles. The summed E-state index contributed by atoms with van der Waals surface area (Å²) in [4.78, 5) is 14.5. The molecule has 0 bridgehead atoms. The number of hydrogen-bond donors (Lipinski definition) is 0. The van der Waals surface area contributed by atoms with Crippen molar-refractivity contribution in [3.63, 3.8) is 0 Å². The summed E-state index contributed by atoms with van der Waals surface area (Å²) in [7, 11) is 3.09. The van der Waals surface area contributed by atoms with E-state index in [0.717, 1.165) is 17.7 Å². The Balaban J connectivity index is 1.73. The van der Waals surface area contributed by atoms with Crippen LogP contribution in [0.5, 0.6) is 17.2 Å². The minimum atomic E-state index is -4.41. The average Bonchev–Trinajstić information content (AvgIpc) is 2.85. The van der Waals surface area contributed by atoms with Gasteiger partial charge < -0.3 is 19.1 Å². The lowest BCUT2D eigenvalue weighted by atomic mass is 10.1. The van der Waals surface area contributed by atoms with Crippen molar-refractivity contribution >= 4 is 5.91 Å². The van der Waals surface area contributed by atoms with E-state index in [9.17, 15) is 18.0 Å². The van der Waals surface area contributed by atoms with Gasteiger partial charge in [-0.05, 0) is 53.9 Å². The molecule has 8 heteroatoms. The van der Waals surface area contributed by atoms with Gasteiger partial charge in [-0.1, -0.05) is 36.4 Å². The summed E-state index contributed by atoms with van der Waals surface area (Å²) in [5.41, 5.74) is 0.784. The van der Waals surface area contributed by atoms with Crippen molar-refractivity contribution in [1.82, 2.24) is 4.90 Å². The number of benzene rings is 3. The van der Waals surface area contributed by atoms with Gasteiger partial charge in [0.1, 0.15) is 5.75 Å². The second kappa shape index (κ2) is 11.4. The monoisotopic (exact) mass is 473 g/mol. The maximum atomic E-state index is 13.0. The lowest BCUT2D eigenvalue weighted by Crippen LogP contribution is -2.36. The first-order valence-corrected chi connectivity index (χ1v) is 10.6. The van der Waals surface area contributed by atoms with E-state index in [-0.39, 0.29) is 19.1 Å². The number of carbonyl (C=O) groups is 1. The maximum absolute atomic E-state index is 13.0. The van der Waals surface area contributed by atoms with Crippen LogP contribution in [0.1, 0.15) is 16.7 Å². The average molecular weight is 473 g/mol. The van der Waals surface area contributed by atoms with Gasteiger partial charge in [-0.15, -0.1) is 0 Å². The third-order valence-electron chi connectivity index (χ3n) is 5.23. The van der Waals surface area contributed by atoms with Gasteiger partial charge in [-0.3, -0.25) is 4.79 Å². The molecule has 0 aromatic heterocycles. The van der Waals surface area contributed by atoms with Crippen LogP contribution < -0.4 is 14.2 Å². The van der Waals surface area contributed by atoms with E-state index in [1.807, 2.05) is 18.2 Å². The molecule has 0 fully saturated rings. The molecule has 0 aliphatic rings. The Morgan fingerprint density at radius 3 is 2.12 bits per heavy atom. The Hall–Kier alpha value is -3.68. The highest BCUT2D eigenvalue weighted by Crippen LogP contribution is 2.30. The first-order valence-electron chi connectivity index (χ1n) is 10.6. The van der Waals surface area contributed by atoms with E-state index >= 15 is 0 Å². The maximum Gasteiger partial charge on any atom is 0.416 e. The van der Waals surface area contributed by atoms with Crippen LogP contribution in [0.2, 0.25) is 0 Å². The van der Waals surface area contributed by atoms with Crippen LogP contribution in [0, 0.1) is 0 Å². The summed E-state index contributed by atoms with van der Waals surface area (Å²) in [6.07, 6.45) is -3.90. The number of methoxy groups -OCH3 is 2. The minimum absolute atomic E-state index is 0.155. The third kappa shape index (κ3) is 6.91. The van der Waals surface area contributed by atoms with Crippen molar-refractivity contribution in [1.29, 1.82) is 0 Å². The Kier molecular flexibility index (Phi) is 8.40. The molecule has 1 amide bonds. The van der Waals surface area contributed by atoms with Gasteiger partial charge in [0.15, 0.2) is 18.1 Å². The van der Waals surface area contributed by atoms with Gasteiger partial charge in [0.25, 0.3) is 5.91 Å². The highest BCUT2D eigenvalue weighted by Gasteiger charge is 2.30. The zero-order valence-electron chi connectivity index (χ0n) is 19.0. The number of alkyl halides is 3. The van der Waals surface area contributed by atoms with E-state index in [1.54, 1.807) is 49.5 Å². The quantitative estimate of drug-likeness (QED) is 0.397. The van der Waals surface area contributed by atoms with Gasteiger partial charge in [0, 0.05) is 13.1 Å². The van der Waals surface area contributed by atoms with E-state index < -0.39 is 11.7 Å². The summed E-state index contributed by atoms with van der Waals surface area (Å²) in [5, 5.41) is 0. The molecular formula is C26H26F3NO4. The predicted octanol–water partition coefficient (Wildman–Crippen LogP) is 5.37. The van der Waals surface area contributed by atoms with Crippen LogP contribution >= 0.6 is 0 Å². The zero-order valence-corrected chi connectivity index (χ0v) is 19.0. The molecule has 0 saturated heterocycles. The van der Waals surface area contributed by atoms with Crippen molar-refractivity contribution in [3.8, 4) is 17.2 Å². The molecule has 0 radical (unpaired) electrons. The number of halogens is 3. The smallest absolute Gasteiger partial charge is 0.416 e. The highest BCUT2D eigenvalue weighted by molar-refractivity contribution is 5.77. The summed E-state index contributed by atoms with van der Waals surface area (Å²) < 4.78 is 54.9. The van der Waals surface area contributed by atoms with Crippen LogP contribution in [-0.2, 0) is 23.9 Å². The minimum Gasteiger partial charge on any atom is -0.493 e. The molecular weight excluding hydrogens is 447 g/mol. The number of rotatable bonds is 10. The van der Waals surface area contributed by atoms with Gasteiger partial charge in [0.05, 0.1) is 19.8 Å². The summed E-state index contributed by atoms with van der Waals surface area (Å²) in [6, 6.07) is 19.3. The summed E-state index contributed by atoms with van der Waals surface area (Å²) in [5.74, 6) is 1.46. The second-order valence-corrected chi connectivity index (χ2v) is 7.55. The van der Waals surface area contributed by atoms with E-state index in [4.69, 9.17) is 14.2 Å². The Morgan fingerprint density at radius 1 is 0.853 bits per heavy atom. The first kappa shape index (κ1) is 25.0. The lowest BCUT2D eigenvalue weighted by molar-refractivity contribution is -0.137. The molecule has 0 unspecified atom stereocenters. The Morgan fingerprint density at radius 2 is 1.50 bits per heavy atom. The largest absolute Gasteiger partial charge is 0.493 e. The van der Waals surface area contributed by atoms with E-state index in [2.05, 4.69) is 0 Å². The van der Waals surface area contributed by atoms with Crippen LogP contribution in [0.25, 0.3) is 0 Å². The fraction of sp³-hybridized carbons (Fsp3) is 0.269. The molecule has 180 valence electrons. The van der Waals surface area contributed by atoms with Crippen LogP contribution in [0.15, 0.2) is 72.8 Å². The third-order valence-corrected chi connectivity index (χ3v) is 5.23. The van der Waals surface area contributed by atoms with Gasteiger partial charge in [-0.25, -0.2) is 0 Å². The number of carbonyl (C=O) groups excluding carboxylic acids is 1. The molecule has 0 aliphatic heterocycles. The van der Waals surface area contributed by atoms with E-state index in [1.165, 1.54) is 12.1 Å². The number of nitrogens with zero attached hydrogens (tertiary/aromatic N) is 1. The molecule has 3 aromatic rings. The van der Waals surface area contributed by atoms with E-state index in [0.29, 0.717) is 35.8 Å². The van der Waals surface area contributed by atoms with Gasteiger partial charge >= 0.3 is 6.18 Å². The van der Waals surface area contributed by atoms with Crippen LogP contribution in [0.3, 0.4) is 0 Å². The summed E-state index contributed by atoms with van der Waals surface area (Å²) >= 11 is 0. The van der Waals surface area contributed by atoms with Crippen LogP contribution in [-0.4, -0.2) is 38.2 Å². The number of hydrogen-bond acceptors (Lipinski definition) is 4. The normalized spacial score (nSPS) is 11.1. The van der Waals surface area contributed by atoms with Crippen molar-refractivity contribution in [2.24, 2.45) is 0 Å². The number of ether oxygens (including phenoxy) is 3. The molecule has 5 nitrogen and oxygen atoms in total. The highest BCUT2D eigenvalue weighted by atomic mass is 19.4. The molecule has 0 atom stereocenters. The number of amides is 1. The van der Waals surface area contributed by atoms with Crippen molar-refractivity contribution < 1.29 is 32.2 Å². The molecule has 0 aliphatic carbocycles. The molecule has 0 heterocycles. The standard InChI is InChI=1S/C26H26F3NO4/c1-32-23-13-10-19(16-24(23)33-2)14-15-30(25(31)18-34-22-6-4-3-5-7-22)17-20-8-11-21(12-9-20)26(27,28)29/h3-13,16H,14-15,17-18H2,1-2H3. The molecule has 0 spiro atoms. The van der Waals surface area contributed by atoms with Gasteiger partial charge in [-0.2, -0.15) is 13.2 Å². The zero-order chi connectivity index (χ0) is 24.6. The molecule has 3 rings (SSSR count). The second-order valence-electron chi connectivity index (χ2n) is 7.55. The molecule has 0 N–H and O–H groups in total. The fourth-order valence-corrected chi connectivity index (χ4v) is 3.36. The fourth-order valence-electron chi connectivity index (χ4n) is 3.36. The molecule has 34 heavy (non-hydrogen) atoms. The Bertz CT molecular complexity index is 1070. The number of para-hydroxylation sites is 1. The Labute approximate surface area is 196 Å². The predicted molar refractivity (Wildman–Crippen MR) is 122 cm³/mol. The lowest BCUT2D eigenvalue weighted by Gasteiger charge is -2.23. The van der Waals surface area contributed by atoms with Crippen LogP contribution in [0.4, 0.5) is 13.2 Å². The first-order chi connectivity index (χ1) is 16.3. The van der Waals surface area contributed by atoms with Crippen molar-refractivity contribution in [2.45, 2.75) is 19.1 Å². The topological polar surface area (TPSA) is 48.0 Å². The summed E-state index contributed by atoms with van der Waals surface area (Å²) in [6.45, 7) is 0.312. The molecule has 3 aromatic carbocycles. The van der Waals surface area contributed by atoms with Gasteiger partial charge in [0.2, 0.25) is 0 Å². The van der Waals surface area contributed by atoms with Crippen molar-refractivity contribution in [2.75, 3.05) is 27.4 Å². The SMILES string of the molecule is COc1ccc(CCN(Cc2ccc(C(F)(F)F)cc2)C(=O)COc2ccccc2)cc1OC. The van der Waals surface area contributed by atoms with Crippen molar-refractivity contribution in [3.05, 3.63) is 89.5 Å².